The van der Waals surface area contributed by atoms with Gasteiger partial charge in [-0.3, -0.25) is 0 Å². The molecule has 0 atom stereocenters. The molecule has 0 N–H and O–H groups in total. The Hall–Kier alpha value is -0.130. The first-order valence-electron chi connectivity index (χ1n) is 7.13. The molecular weight excluding hydrogens is 248 g/mol. The summed E-state index contributed by atoms with van der Waals surface area (Å²) < 4.78 is 25.8. The first kappa shape index (κ1) is 15.9. The van der Waals surface area contributed by atoms with Crippen LogP contribution in [0.5, 0.6) is 0 Å². The summed E-state index contributed by atoms with van der Waals surface area (Å²) in [6.45, 7) is 12.6. The molecule has 1 rings (SSSR count). The summed E-state index contributed by atoms with van der Waals surface area (Å²) in [6, 6.07) is 0. The van der Waals surface area contributed by atoms with Crippen LogP contribution in [0, 0.1) is 5.92 Å². The van der Waals surface area contributed by atoms with E-state index in [1.807, 2.05) is 0 Å². The molecule has 1 aliphatic heterocycles. The van der Waals surface area contributed by atoms with Crippen LogP contribution in [0.4, 0.5) is 0 Å². The van der Waals surface area contributed by atoms with Crippen molar-refractivity contribution in [2.45, 2.75) is 45.8 Å². The normalized spacial score (nSPS) is 19.9. The van der Waals surface area contributed by atoms with Crippen molar-refractivity contribution in [3.05, 3.63) is 0 Å². The Morgan fingerprint density at radius 1 is 1.17 bits per heavy atom. The van der Waals surface area contributed by atoms with Crippen molar-refractivity contribution in [3.63, 3.8) is 0 Å². The zero-order chi connectivity index (χ0) is 13.8. The molecule has 0 amide bonds. The van der Waals surface area contributed by atoms with Crippen molar-refractivity contribution in [3.8, 4) is 0 Å². The smallest absolute Gasteiger partial charge is 0.216 e. The molecule has 0 aromatic rings. The van der Waals surface area contributed by atoms with E-state index in [9.17, 15) is 8.42 Å². The Morgan fingerprint density at radius 2 is 1.67 bits per heavy atom. The number of hydrogen-bond acceptors (Lipinski definition) is 3. The molecule has 1 aliphatic rings. The number of nitrogens with zero attached hydrogens (tertiary/aromatic N) is 2. The number of sulfonamides is 1. The Morgan fingerprint density at radius 3 is 2.06 bits per heavy atom. The van der Waals surface area contributed by atoms with E-state index in [-0.39, 0.29) is 5.25 Å². The van der Waals surface area contributed by atoms with Crippen molar-refractivity contribution >= 4 is 10.0 Å². The predicted molar refractivity (Wildman–Crippen MR) is 76.1 cm³/mol. The SMILES string of the molecule is CCN(CC)CC1CCN(S(=O)(=O)C(C)C)CC1. The van der Waals surface area contributed by atoms with Gasteiger partial charge in [0.2, 0.25) is 10.0 Å². The molecule has 1 heterocycles. The zero-order valence-corrected chi connectivity index (χ0v) is 13.0. The van der Waals surface area contributed by atoms with Crippen LogP contribution in [0.25, 0.3) is 0 Å². The van der Waals surface area contributed by atoms with E-state index in [0.29, 0.717) is 19.0 Å². The molecule has 108 valence electrons. The molecule has 0 saturated carbocycles. The maximum absolute atomic E-state index is 12.0. The largest absolute Gasteiger partial charge is 0.304 e. The fourth-order valence-corrected chi connectivity index (χ4v) is 3.81. The molecule has 18 heavy (non-hydrogen) atoms. The molecule has 0 aromatic carbocycles. The van der Waals surface area contributed by atoms with Gasteiger partial charge in [-0.05, 0) is 45.7 Å². The van der Waals surface area contributed by atoms with Crippen LogP contribution in [0.3, 0.4) is 0 Å². The third kappa shape index (κ3) is 3.93. The second-order valence-electron chi connectivity index (χ2n) is 5.42. The van der Waals surface area contributed by atoms with E-state index in [4.69, 9.17) is 0 Å². The molecule has 5 heteroatoms. The summed E-state index contributed by atoms with van der Waals surface area (Å²) in [5.41, 5.74) is 0. The molecular formula is C13H28N2O2S. The van der Waals surface area contributed by atoms with Gasteiger partial charge >= 0.3 is 0 Å². The summed E-state index contributed by atoms with van der Waals surface area (Å²) >= 11 is 0. The fraction of sp³-hybridized carbons (Fsp3) is 1.00. The van der Waals surface area contributed by atoms with Gasteiger partial charge in [-0.1, -0.05) is 13.8 Å². The van der Waals surface area contributed by atoms with Gasteiger partial charge in [0.15, 0.2) is 0 Å². The Bertz CT molecular complexity index is 329. The van der Waals surface area contributed by atoms with E-state index in [1.54, 1.807) is 18.2 Å². The third-order valence-corrected chi connectivity index (χ3v) is 6.22. The van der Waals surface area contributed by atoms with Crippen LogP contribution in [-0.4, -0.2) is 55.6 Å². The Balaban J connectivity index is 2.46. The highest BCUT2D eigenvalue weighted by molar-refractivity contribution is 7.89. The summed E-state index contributed by atoms with van der Waals surface area (Å²) in [7, 11) is -3.04. The lowest BCUT2D eigenvalue weighted by Crippen LogP contribution is -2.44. The minimum atomic E-state index is -3.04. The maximum Gasteiger partial charge on any atom is 0.216 e. The van der Waals surface area contributed by atoms with E-state index in [0.717, 1.165) is 32.5 Å². The highest BCUT2D eigenvalue weighted by Gasteiger charge is 2.30. The van der Waals surface area contributed by atoms with Gasteiger partial charge in [0.25, 0.3) is 0 Å². The molecule has 0 bridgehead atoms. The highest BCUT2D eigenvalue weighted by Crippen LogP contribution is 2.22. The molecule has 0 unspecified atom stereocenters. The van der Waals surface area contributed by atoms with Crippen LogP contribution < -0.4 is 0 Å². The van der Waals surface area contributed by atoms with Gasteiger partial charge < -0.3 is 4.90 Å². The zero-order valence-electron chi connectivity index (χ0n) is 12.2. The molecule has 4 nitrogen and oxygen atoms in total. The molecule has 1 saturated heterocycles. The van der Waals surface area contributed by atoms with Crippen LogP contribution >= 0.6 is 0 Å². The third-order valence-electron chi connectivity index (χ3n) is 3.94. The van der Waals surface area contributed by atoms with Gasteiger partial charge in [0.1, 0.15) is 0 Å². The Labute approximate surface area is 112 Å². The van der Waals surface area contributed by atoms with E-state index in [2.05, 4.69) is 18.7 Å². The Kier molecular flexibility index (Phi) is 6.08. The van der Waals surface area contributed by atoms with Crippen LogP contribution in [0.1, 0.15) is 40.5 Å². The first-order chi connectivity index (χ1) is 8.41. The molecule has 0 aromatic heterocycles. The summed E-state index contributed by atoms with van der Waals surface area (Å²) in [6.07, 6.45) is 2.00. The quantitative estimate of drug-likeness (QED) is 0.742. The molecule has 0 radical (unpaired) electrons. The van der Waals surface area contributed by atoms with Gasteiger partial charge in [0, 0.05) is 19.6 Å². The van der Waals surface area contributed by atoms with Gasteiger partial charge in [-0.15, -0.1) is 0 Å². The molecule has 1 fully saturated rings. The van der Waals surface area contributed by atoms with E-state index < -0.39 is 10.0 Å². The average Bonchev–Trinajstić information content (AvgIpc) is 2.36. The highest BCUT2D eigenvalue weighted by atomic mass is 32.2. The van der Waals surface area contributed by atoms with Crippen molar-refractivity contribution in [2.24, 2.45) is 5.92 Å². The topological polar surface area (TPSA) is 40.6 Å². The number of rotatable bonds is 6. The molecule has 0 aliphatic carbocycles. The number of piperidine rings is 1. The lowest BCUT2D eigenvalue weighted by molar-refractivity contribution is 0.193. The van der Waals surface area contributed by atoms with Gasteiger partial charge in [-0.25, -0.2) is 12.7 Å². The van der Waals surface area contributed by atoms with Crippen LogP contribution in [0.2, 0.25) is 0 Å². The maximum atomic E-state index is 12.0. The van der Waals surface area contributed by atoms with Crippen molar-refractivity contribution in [1.82, 2.24) is 9.21 Å². The second-order valence-corrected chi connectivity index (χ2v) is 7.91. The predicted octanol–water partition coefficient (Wildman–Crippen LogP) is 1.78. The second kappa shape index (κ2) is 6.87. The molecule has 0 spiro atoms. The minimum Gasteiger partial charge on any atom is -0.304 e. The lowest BCUT2D eigenvalue weighted by atomic mass is 9.97. The monoisotopic (exact) mass is 276 g/mol. The first-order valence-corrected chi connectivity index (χ1v) is 8.63. The lowest BCUT2D eigenvalue weighted by Gasteiger charge is -2.34. The van der Waals surface area contributed by atoms with Gasteiger partial charge in [-0.2, -0.15) is 0 Å². The summed E-state index contributed by atoms with van der Waals surface area (Å²) in [5.74, 6) is 0.656. The summed E-state index contributed by atoms with van der Waals surface area (Å²) in [5, 5.41) is -0.295. The fourth-order valence-electron chi connectivity index (χ4n) is 2.49. The standard InChI is InChI=1S/C13H28N2O2S/c1-5-14(6-2)11-13-7-9-15(10-8-13)18(16,17)12(3)4/h12-13H,5-11H2,1-4H3. The minimum absolute atomic E-state index is 0.295. The van der Waals surface area contributed by atoms with Crippen molar-refractivity contribution < 1.29 is 8.42 Å². The van der Waals surface area contributed by atoms with Crippen LogP contribution in [0.15, 0.2) is 0 Å². The van der Waals surface area contributed by atoms with E-state index in [1.165, 1.54) is 0 Å². The summed E-state index contributed by atoms with van der Waals surface area (Å²) in [4.78, 5) is 2.43. The van der Waals surface area contributed by atoms with Crippen LogP contribution in [-0.2, 0) is 10.0 Å². The van der Waals surface area contributed by atoms with Crippen molar-refractivity contribution in [2.75, 3.05) is 32.7 Å². The van der Waals surface area contributed by atoms with E-state index >= 15 is 0 Å². The van der Waals surface area contributed by atoms with Crippen molar-refractivity contribution in [1.29, 1.82) is 0 Å². The number of hydrogen-bond donors (Lipinski definition) is 0. The average molecular weight is 276 g/mol. The van der Waals surface area contributed by atoms with Gasteiger partial charge in [0.05, 0.1) is 5.25 Å².